The second-order valence-electron chi connectivity index (χ2n) is 2.84. The maximum absolute atomic E-state index is 13.0. The average molecular weight is 231 g/mol. The molecule has 0 bridgehead atoms. The van der Waals surface area contributed by atoms with Crippen molar-refractivity contribution >= 4 is 23.9 Å². The van der Waals surface area contributed by atoms with E-state index in [1.165, 1.54) is 13.2 Å². The summed E-state index contributed by atoms with van der Waals surface area (Å²) < 4.78 is 17.5. The molecule has 0 aliphatic heterocycles. The van der Waals surface area contributed by atoms with Crippen LogP contribution in [0.5, 0.6) is 0 Å². The Bertz CT molecular complexity index is 404. The number of halogens is 2. The molecule has 1 rings (SSSR count). The smallest absolute Gasteiger partial charge is 0.310 e. The quantitative estimate of drug-likeness (QED) is 0.589. The summed E-state index contributed by atoms with van der Waals surface area (Å²) in [5.74, 6) is -1.21. The van der Waals surface area contributed by atoms with Crippen molar-refractivity contribution in [1.82, 2.24) is 0 Å². The van der Waals surface area contributed by atoms with Crippen LogP contribution in [0.3, 0.4) is 0 Å². The van der Waals surface area contributed by atoms with Crippen LogP contribution in [-0.2, 0) is 16.0 Å². The lowest BCUT2D eigenvalue weighted by Crippen LogP contribution is -2.07. The van der Waals surface area contributed by atoms with Crippen LogP contribution in [-0.4, -0.2) is 19.4 Å². The molecule has 0 saturated carbocycles. The summed E-state index contributed by atoms with van der Waals surface area (Å²) in [6.07, 6.45) is 0.363. The molecule has 0 fully saturated rings. The molecular weight excluding hydrogens is 223 g/mol. The molecule has 0 N–H and O–H groups in total. The first-order chi connectivity index (χ1) is 7.08. The van der Waals surface area contributed by atoms with Crippen molar-refractivity contribution in [2.75, 3.05) is 7.11 Å². The van der Waals surface area contributed by atoms with E-state index in [0.29, 0.717) is 6.29 Å². The molecule has 1 aromatic rings. The lowest BCUT2D eigenvalue weighted by atomic mass is 10.1. The number of esters is 1. The Morgan fingerprint density at radius 3 is 2.80 bits per heavy atom. The molecule has 0 amide bonds. The van der Waals surface area contributed by atoms with Crippen LogP contribution in [0, 0.1) is 5.82 Å². The number of methoxy groups -OCH3 is 1. The number of carbonyl (C=O) groups excluding carboxylic acids is 2. The molecule has 0 aliphatic rings. The summed E-state index contributed by atoms with van der Waals surface area (Å²) in [4.78, 5) is 21.6. The van der Waals surface area contributed by atoms with Gasteiger partial charge >= 0.3 is 5.97 Å². The highest BCUT2D eigenvalue weighted by atomic mass is 35.5. The molecule has 0 saturated heterocycles. The van der Waals surface area contributed by atoms with Crippen molar-refractivity contribution < 1.29 is 18.7 Å². The average Bonchev–Trinajstić information content (AvgIpc) is 2.22. The number of hydrogen-bond donors (Lipinski definition) is 0. The van der Waals surface area contributed by atoms with Crippen molar-refractivity contribution in [3.05, 3.63) is 34.1 Å². The van der Waals surface area contributed by atoms with Gasteiger partial charge in [0.1, 0.15) is 12.1 Å². The standard InChI is InChI=1S/C10H8ClFO3/c1-15-10(14)4-6-3-9(12)8(11)2-7(6)5-13/h2-3,5H,4H2,1H3. The third-order valence-corrected chi connectivity index (χ3v) is 2.16. The van der Waals surface area contributed by atoms with E-state index in [-0.39, 0.29) is 22.6 Å². The molecule has 15 heavy (non-hydrogen) atoms. The molecule has 3 nitrogen and oxygen atoms in total. The van der Waals surface area contributed by atoms with Gasteiger partial charge in [0.2, 0.25) is 0 Å². The van der Waals surface area contributed by atoms with E-state index in [1.807, 2.05) is 0 Å². The largest absolute Gasteiger partial charge is 0.469 e. The minimum Gasteiger partial charge on any atom is -0.469 e. The highest BCUT2D eigenvalue weighted by Crippen LogP contribution is 2.19. The van der Waals surface area contributed by atoms with Crippen LogP contribution in [0.4, 0.5) is 4.39 Å². The minimum atomic E-state index is -0.666. The predicted octanol–water partition coefficient (Wildman–Crippen LogP) is 2.01. The Hall–Kier alpha value is -1.42. The molecule has 80 valence electrons. The molecule has 0 aliphatic carbocycles. The Morgan fingerprint density at radius 2 is 2.27 bits per heavy atom. The SMILES string of the molecule is COC(=O)Cc1cc(F)c(Cl)cc1C=O. The number of benzene rings is 1. The van der Waals surface area contributed by atoms with Crippen LogP contribution in [0.1, 0.15) is 15.9 Å². The first-order valence-electron chi connectivity index (χ1n) is 4.08. The zero-order valence-electron chi connectivity index (χ0n) is 7.92. The third-order valence-electron chi connectivity index (χ3n) is 1.87. The molecule has 0 aromatic heterocycles. The number of rotatable bonds is 3. The Kier molecular flexibility index (Phi) is 3.80. The van der Waals surface area contributed by atoms with Gasteiger partial charge in [-0.3, -0.25) is 9.59 Å². The molecule has 0 unspecified atom stereocenters. The van der Waals surface area contributed by atoms with Crippen LogP contribution in [0.15, 0.2) is 12.1 Å². The van der Waals surface area contributed by atoms with Gasteiger partial charge in [0.25, 0.3) is 0 Å². The summed E-state index contributed by atoms with van der Waals surface area (Å²) in [5.41, 5.74) is 0.450. The third kappa shape index (κ3) is 2.76. The number of hydrogen-bond acceptors (Lipinski definition) is 3. The lowest BCUT2D eigenvalue weighted by molar-refractivity contribution is -0.139. The zero-order valence-corrected chi connectivity index (χ0v) is 8.68. The molecule has 5 heteroatoms. The van der Waals surface area contributed by atoms with Crippen molar-refractivity contribution in [2.45, 2.75) is 6.42 Å². The van der Waals surface area contributed by atoms with Crippen LogP contribution in [0.25, 0.3) is 0 Å². The highest BCUT2D eigenvalue weighted by molar-refractivity contribution is 6.31. The van der Waals surface area contributed by atoms with E-state index in [4.69, 9.17) is 11.6 Å². The van der Waals surface area contributed by atoms with Crippen LogP contribution >= 0.6 is 11.6 Å². The minimum absolute atomic E-state index is 0.147. The van der Waals surface area contributed by atoms with E-state index in [9.17, 15) is 14.0 Å². The topological polar surface area (TPSA) is 43.4 Å². The van der Waals surface area contributed by atoms with Gasteiger partial charge in [0.05, 0.1) is 18.6 Å². The monoisotopic (exact) mass is 230 g/mol. The zero-order chi connectivity index (χ0) is 11.4. The highest BCUT2D eigenvalue weighted by Gasteiger charge is 2.11. The van der Waals surface area contributed by atoms with Gasteiger partial charge < -0.3 is 4.74 Å². The summed E-state index contributed by atoms with van der Waals surface area (Å²) in [5, 5.41) is -0.147. The fourth-order valence-electron chi connectivity index (χ4n) is 1.09. The van der Waals surface area contributed by atoms with Crippen molar-refractivity contribution in [1.29, 1.82) is 0 Å². The fourth-order valence-corrected chi connectivity index (χ4v) is 1.27. The lowest BCUT2D eigenvalue weighted by Gasteiger charge is -2.04. The van der Waals surface area contributed by atoms with Gasteiger partial charge in [0, 0.05) is 5.56 Å². The first kappa shape index (κ1) is 11.7. The van der Waals surface area contributed by atoms with Gasteiger partial charge in [-0.15, -0.1) is 0 Å². The second-order valence-corrected chi connectivity index (χ2v) is 3.24. The van der Waals surface area contributed by atoms with Crippen molar-refractivity contribution in [2.24, 2.45) is 0 Å². The van der Waals surface area contributed by atoms with Crippen LogP contribution in [0.2, 0.25) is 5.02 Å². The predicted molar refractivity (Wildman–Crippen MR) is 52.5 cm³/mol. The van der Waals surface area contributed by atoms with E-state index in [0.717, 1.165) is 6.07 Å². The normalized spacial score (nSPS) is 9.80. The Labute approximate surface area is 90.8 Å². The Balaban J connectivity index is 3.10. The maximum atomic E-state index is 13.0. The van der Waals surface area contributed by atoms with Crippen molar-refractivity contribution in [3.8, 4) is 0 Å². The van der Waals surface area contributed by atoms with Gasteiger partial charge in [-0.2, -0.15) is 0 Å². The summed E-state index contributed by atoms with van der Waals surface area (Å²) in [7, 11) is 1.22. The van der Waals surface area contributed by atoms with E-state index in [1.54, 1.807) is 0 Å². The summed E-state index contributed by atoms with van der Waals surface area (Å²) >= 11 is 5.48. The van der Waals surface area contributed by atoms with Crippen LogP contribution < -0.4 is 0 Å². The Morgan fingerprint density at radius 1 is 1.60 bits per heavy atom. The van der Waals surface area contributed by atoms with Gasteiger partial charge in [-0.05, 0) is 17.7 Å². The van der Waals surface area contributed by atoms with Gasteiger partial charge in [0.15, 0.2) is 0 Å². The second kappa shape index (κ2) is 4.89. The molecule has 0 heterocycles. The molecule has 0 atom stereocenters. The number of ether oxygens (including phenoxy) is 1. The molecule has 0 radical (unpaired) electrons. The molecule has 1 aromatic carbocycles. The van der Waals surface area contributed by atoms with E-state index < -0.39 is 11.8 Å². The summed E-state index contributed by atoms with van der Waals surface area (Å²) in [6, 6.07) is 2.24. The first-order valence-corrected chi connectivity index (χ1v) is 4.46. The fraction of sp³-hybridized carbons (Fsp3) is 0.200. The molecule has 0 spiro atoms. The van der Waals surface area contributed by atoms with E-state index >= 15 is 0 Å². The van der Waals surface area contributed by atoms with E-state index in [2.05, 4.69) is 4.74 Å². The van der Waals surface area contributed by atoms with Crippen molar-refractivity contribution in [3.63, 3.8) is 0 Å². The summed E-state index contributed by atoms with van der Waals surface area (Å²) in [6.45, 7) is 0. The van der Waals surface area contributed by atoms with Gasteiger partial charge in [-0.1, -0.05) is 11.6 Å². The maximum Gasteiger partial charge on any atom is 0.310 e. The number of aldehydes is 1. The van der Waals surface area contributed by atoms with Gasteiger partial charge in [-0.25, -0.2) is 4.39 Å². The molecular formula is C10H8ClFO3. The number of carbonyl (C=O) groups is 2.